The molecule has 0 unspecified atom stereocenters. The Labute approximate surface area is 102 Å². The monoisotopic (exact) mass is 243 g/mol. The van der Waals surface area contributed by atoms with Gasteiger partial charge in [0.15, 0.2) is 0 Å². The van der Waals surface area contributed by atoms with Crippen LogP contribution in [0.3, 0.4) is 0 Å². The minimum atomic E-state index is -0.734. The number of hydroxylamine groups is 2. The first kappa shape index (κ1) is 10.7. The zero-order chi connectivity index (χ0) is 12.9. The number of methoxy groups -OCH3 is 1. The summed E-state index contributed by atoms with van der Waals surface area (Å²) >= 11 is 0. The summed E-state index contributed by atoms with van der Waals surface area (Å²) in [5, 5.41) is 10.9. The molecule has 0 spiro atoms. The Morgan fingerprint density at radius 2 is 1.83 bits per heavy atom. The third-order valence-corrected chi connectivity index (χ3v) is 3.03. The molecule has 0 radical (unpaired) electrons. The van der Waals surface area contributed by atoms with Gasteiger partial charge >= 0.3 is 0 Å². The van der Waals surface area contributed by atoms with Gasteiger partial charge in [-0.3, -0.25) is 14.8 Å². The number of amides is 2. The van der Waals surface area contributed by atoms with Crippen molar-refractivity contribution in [2.75, 3.05) is 7.11 Å². The Morgan fingerprint density at radius 1 is 1.11 bits per heavy atom. The van der Waals surface area contributed by atoms with Gasteiger partial charge in [0, 0.05) is 5.39 Å². The van der Waals surface area contributed by atoms with Crippen LogP contribution in [-0.2, 0) is 0 Å². The molecular formula is C13H9NO4. The summed E-state index contributed by atoms with van der Waals surface area (Å²) in [5.41, 5.74) is 0.578. The number of imide groups is 1. The minimum Gasteiger partial charge on any atom is -0.497 e. The largest absolute Gasteiger partial charge is 0.497 e. The molecule has 0 bridgehead atoms. The summed E-state index contributed by atoms with van der Waals surface area (Å²) in [6.07, 6.45) is 0. The number of hydrogen-bond donors (Lipinski definition) is 1. The molecule has 0 saturated carbocycles. The zero-order valence-electron chi connectivity index (χ0n) is 9.51. The molecule has 2 aromatic carbocycles. The van der Waals surface area contributed by atoms with Gasteiger partial charge in [0.2, 0.25) is 0 Å². The number of carbonyl (C=O) groups excluding carboxylic acids is 2. The third-order valence-electron chi connectivity index (χ3n) is 3.03. The standard InChI is InChI=1S/C13H9NO4/c1-18-8-5-7-3-2-4-9-11(7)10(6-8)13(16)14(17)12(9)15/h2-6,17H,1H3. The van der Waals surface area contributed by atoms with E-state index in [0.29, 0.717) is 16.7 Å². The van der Waals surface area contributed by atoms with Crippen LogP contribution < -0.4 is 4.74 Å². The average Bonchev–Trinajstić information content (AvgIpc) is 2.41. The van der Waals surface area contributed by atoms with E-state index in [1.54, 1.807) is 24.3 Å². The smallest absolute Gasteiger partial charge is 0.285 e. The van der Waals surface area contributed by atoms with Crippen LogP contribution in [-0.4, -0.2) is 29.2 Å². The molecule has 90 valence electrons. The number of ether oxygens (including phenoxy) is 1. The SMILES string of the molecule is COc1cc2c3c(cccc3c1)C(=O)N(O)C2=O. The number of benzene rings is 2. The van der Waals surface area contributed by atoms with Gasteiger partial charge in [-0.05, 0) is 23.6 Å². The van der Waals surface area contributed by atoms with Crippen LogP contribution >= 0.6 is 0 Å². The molecule has 1 N–H and O–H groups in total. The summed E-state index contributed by atoms with van der Waals surface area (Å²) in [5.74, 6) is -0.934. The lowest BCUT2D eigenvalue weighted by Gasteiger charge is -2.22. The van der Waals surface area contributed by atoms with Crippen molar-refractivity contribution in [2.24, 2.45) is 0 Å². The Hall–Kier alpha value is -2.40. The second-order valence-corrected chi connectivity index (χ2v) is 4.00. The van der Waals surface area contributed by atoms with E-state index < -0.39 is 11.8 Å². The van der Waals surface area contributed by atoms with E-state index in [1.165, 1.54) is 13.2 Å². The molecule has 0 atom stereocenters. The molecular weight excluding hydrogens is 234 g/mol. The zero-order valence-corrected chi connectivity index (χ0v) is 9.51. The van der Waals surface area contributed by atoms with Crippen molar-refractivity contribution < 1.29 is 19.5 Å². The first-order valence-electron chi connectivity index (χ1n) is 5.32. The van der Waals surface area contributed by atoms with Gasteiger partial charge in [0.25, 0.3) is 11.8 Å². The molecule has 5 nitrogen and oxygen atoms in total. The first-order chi connectivity index (χ1) is 8.63. The van der Waals surface area contributed by atoms with Crippen molar-refractivity contribution in [1.29, 1.82) is 0 Å². The maximum atomic E-state index is 11.9. The summed E-state index contributed by atoms with van der Waals surface area (Å²) in [6.45, 7) is 0. The van der Waals surface area contributed by atoms with Gasteiger partial charge in [-0.1, -0.05) is 12.1 Å². The second kappa shape index (κ2) is 3.54. The fraction of sp³-hybridized carbons (Fsp3) is 0.0769. The third kappa shape index (κ3) is 1.25. The van der Waals surface area contributed by atoms with E-state index in [-0.39, 0.29) is 10.6 Å². The van der Waals surface area contributed by atoms with E-state index in [0.717, 1.165) is 5.39 Å². The molecule has 0 fully saturated rings. The van der Waals surface area contributed by atoms with Crippen LogP contribution in [0.1, 0.15) is 20.7 Å². The number of nitrogens with zero attached hydrogens (tertiary/aromatic N) is 1. The Bertz CT molecular complexity index is 693. The van der Waals surface area contributed by atoms with Gasteiger partial charge in [0.05, 0.1) is 18.2 Å². The van der Waals surface area contributed by atoms with E-state index in [1.807, 2.05) is 0 Å². The van der Waals surface area contributed by atoms with Gasteiger partial charge in [-0.25, -0.2) is 0 Å². The highest BCUT2D eigenvalue weighted by atomic mass is 16.5. The van der Waals surface area contributed by atoms with Crippen molar-refractivity contribution in [3.8, 4) is 5.75 Å². The molecule has 1 aliphatic rings. The molecule has 0 aromatic heterocycles. The highest BCUT2D eigenvalue weighted by Gasteiger charge is 2.32. The molecule has 0 saturated heterocycles. The second-order valence-electron chi connectivity index (χ2n) is 4.00. The van der Waals surface area contributed by atoms with E-state index >= 15 is 0 Å². The molecule has 18 heavy (non-hydrogen) atoms. The summed E-state index contributed by atoms with van der Waals surface area (Å²) in [4.78, 5) is 23.7. The predicted molar refractivity (Wildman–Crippen MR) is 62.8 cm³/mol. The van der Waals surface area contributed by atoms with Crippen LogP contribution in [0.5, 0.6) is 5.75 Å². The quantitative estimate of drug-likeness (QED) is 0.613. The Morgan fingerprint density at radius 3 is 2.56 bits per heavy atom. The molecule has 2 amide bonds. The fourth-order valence-electron chi connectivity index (χ4n) is 2.19. The van der Waals surface area contributed by atoms with Gasteiger partial charge in [-0.2, -0.15) is 0 Å². The summed E-state index contributed by atoms with van der Waals surface area (Å²) in [7, 11) is 1.49. The molecule has 3 rings (SSSR count). The highest BCUT2D eigenvalue weighted by Crippen LogP contribution is 2.32. The molecule has 1 aliphatic heterocycles. The van der Waals surface area contributed by atoms with E-state index in [2.05, 4.69) is 0 Å². The molecule has 2 aromatic rings. The lowest BCUT2D eigenvalue weighted by molar-refractivity contribution is -0.0377. The highest BCUT2D eigenvalue weighted by molar-refractivity contribution is 6.24. The minimum absolute atomic E-state index is 0.135. The molecule has 0 aliphatic carbocycles. The van der Waals surface area contributed by atoms with Crippen LogP contribution in [0.4, 0.5) is 0 Å². The van der Waals surface area contributed by atoms with Gasteiger partial charge < -0.3 is 4.74 Å². The van der Waals surface area contributed by atoms with Crippen molar-refractivity contribution >= 4 is 22.6 Å². The summed E-state index contributed by atoms with van der Waals surface area (Å²) in [6, 6.07) is 8.33. The Kier molecular flexibility index (Phi) is 2.11. The average molecular weight is 243 g/mol. The number of rotatable bonds is 1. The lowest BCUT2D eigenvalue weighted by Crippen LogP contribution is -2.37. The Balaban J connectivity index is 2.47. The van der Waals surface area contributed by atoms with Gasteiger partial charge in [-0.15, -0.1) is 5.06 Å². The fourth-order valence-corrected chi connectivity index (χ4v) is 2.19. The van der Waals surface area contributed by atoms with Gasteiger partial charge in [0.1, 0.15) is 5.75 Å². The number of carbonyl (C=O) groups is 2. The van der Waals surface area contributed by atoms with E-state index in [9.17, 15) is 14.8 Å². The maximum absolute atomic E-state index is 11.9. The van der Waals surface area contributed by atoms with Crippen LogP contribution in [0.15, 0.2) is 30.3 Å². The predicted octanol–water partition coefficient (Wildman–Crippen LogP) is 1.83. The van der Waals surface area contributed by atoms with E-state index in [4.69, 9.17) is 4.74 Å². The molecule has 1 heterocycles. The van der Waals surface area contributed by atoms with Crippen LogP contribution in [0.2, 0.25) is 0 Å². The topological polar surface area (TPSA) is 66.8 Å². The maximum Gasteiger partial charge on any atom is 0.285 e. The van der Waals surface area contributed by atoms with Crippen molar-refractivity contribution in [3.05, 3.63) is 41.5 Å². The lowest BCUT2D eigenvalue weighted by atomic mass is 9.95. The first-order valence-corrected chi connectivity index (χ1v) is 5.32. The van der Waals surface area contributed by atoms with Crippen LogP contribution in [0.25, 0.3) is 10.8 Å². The van der Waals surface area contributed by atoms with Crippen molar-refractivity contribution in [3.63, 3.8) is 0 Å². The van der Waals surface area contributed by atoms with Crippen molar-refractivity contribution in [1.82, 2.24) is 5.06 Å². The summed E-state index contributed by atoms with van der Waals surface area (Å²) < 4.78 is 5.10. The number of hydrogen-bond acceptors (Lipinski definition) is 4. The van der Waals surface area contributed by atoms with Crippen LogP contribution in [0, 0.1) is 0 Å². The molecule has 5 heteroatoms. The normalized spacial score (nSPS) is 14.2. The van der Waals surface area contributed by atoms with Crippen molar-refractivity contribution in [2.45, 2.75) is 0 Å².